The molecule has 162 valence electrons. The average molecular weight is 433 g/mol. The van der Waals surface area contributed by atoms with Crippen LogP contribution in [0, 0.1) is 0 Å². The first-order valence-corrected chi connectivity index (χ1v) is 11.1. The number of rotatable bonds is 8. The highest BCUT2D eigenvalue weighted by atomic mass is 32.2. The molecule has 2 heterocycles. The predicted octanol–water partition coefficient (Wildman–Crippen LogP) is 4.09. The quantitative estimate of drug-likeness (QED) is 0.576. The molecule has 1 aromatic rings. The minimum absolute atomic E-state index is 0.0515. The van der Waals surface area contributed by atoms with Gasteiger partial charge in [0.05, 0.1) is 42.9 Å². The second-order valence-corrected chi connectivity index (χ2v) is 8.17. The zero-order valence-electron chi connectivity index (χ0n) is 18.1. The summed E-state index contributed by atoms with van der Waals surface area (Å²) in [5, 5.41) is 0.404. The molecule has 2 aliphatic rings. The van der Waals surface area contributed by atoms with Gasteiger partial charge in [0.1, 0.15) is 0 Å². The van der Waals surface area contributed by atoms with Gasteiger partial charge < -0.3 is 14.2 Å². The minimum Gasteiger partial charge on any atom is -0.490 e. The molecule has 3 rings (SSSR count). The molecule has 0 radical (unpaired) electrons. The van der Waals surface area contributed by atoms with Gasteiger partial charge in [-0.2, -0.15) is 0 Å². The third-order valence-corrected chi connectivity index (χ3v) is 6.29. The van der Waals surface area contributed by atoms with Crippen LogP contribution >= 0.6 is 11.8 Å². The number of thioether (sulfide) groups is 1. The summed E-state index contributed by atoms with van der Waals surface area (Å²) in [6, 6.07) is 4.92. The SMILES string of the molecule is CCCOc1ccc([C@H]2C(C(=O)OC)=C(C)N=C3S[C@@H](CC)C(=O)N32)cc1OCC. The molecule has 0 bridgehead atoms. The summed E-state index contributed by atoms with van der Waals surface area (Å²) in [6.45, 7) is 8.73. The average Bonchev–Trinajstić information content (AvgIpc) is 3.06. The highest BCUT2D eigenvalue weighted by molar-refractivity contribution is 8.15. The molecule has 1 amide bonds. The van der Waals surface area contributed by atoms with Crippen LogP contribution in [-0.4, -0.2) is 47.5 Å². The largest absolute Gasteiger partial charge is 0.490 e. The standard InChI is InChI=1S/C22H28N2O5S/c1-6-11-29-15-10-9-14(12-16(15)28-8-3)19-18(21(26)27-5)13(4)23-22-24(19)20(25)17(7-2)30-22/h9-10,12,17,19H,6-8,11H2,1-5H3/t17-,19-/m0/s1. The van der Waals surface area contributed by atoms with E-state index in [1.807, 2.05) is 39.0 Å². The van der Waals surface area contributed by atoms with Gasteiger partial charge in [0.2, 0.25) is 5.91 Å². The molecule has 0 aliphatic carbocycles. The Balaban J connectivity index is 2.12. The van der Waals surface area contributed by atoms with E-state index >= 15 is 0 Å². The Hall–Kier alpha value is -2.48. The summed E-state index contributed by atoms with van der Waals surface area (Å²) in [5.74, 6) is 0.675. The van der Waals surface area contributed by atoms with Crippen molar-refractivity contribution in [3.05, 3.63) is 35.0 Å². The number of amides is 1. The Kier molecular flexibility index (Phi) is 7.07. The number of ether oxygens (including phenoxy) is 3. The number of methoxy groups -OCH3 is 1. The number of hydrogen-bond donors (Lipinski definition) is 0. The number of hydrogen-bond acceptors (Lipinski definition) is 7. The normalized spacial score (nSPS) is 20.8. The van der Waals surface area contributed by atoms with Crippen LogP contribution in [0.15, 0.2) is 34.5 Å². The number of esters is 1. The van der Waals surface area contributed by atoms with E-state index in [1.165, 1.54) is 18.9 Å². The fourth-order valence-electron chi connectivity index (χ4n) is 3.57. The summed E-state index contributed by atoms with van der Waals surface area (Å²) in [7, 11) is 1.33. The fourth-order valence-corrected chi connectivity index (χ4v) is 4.70. The predicted molar refractivity (Wildman–Crippen MR) is 117 cm³/mol. The van der Waals surface area contributed by atoms with Crippen molar-refractivity contribution in [1.29, 1.82) is 0 Å². The lowest BCUT2D eigenvalue weighted by Gasteiger charge is -2.33. The van der Waals surface area contributed by atoms with Crippen molar-refractivity contribution in [3.8, 4) is 11.5 Å². The highest BCUT2D eigenvalue weighted by Crippen LogP contribution is 2.45. The third kappa shape index (κ3) is 4.05. The zero-order valence-corrected chi connectivity index (χ0v) is 18.9. The molecular formula is C22H28N2O5S. The van der Waals surface area contributed by atoms with Gasteiger partial charge in [-0.15, -0.1) is 0 Å². The van der Waals surface area contributed by atoms with Crippen molar-refractivity contribution in [2.45, 2.75) is 51.8 Å². The fraction of sp³-hybridized carbons (Fsp3) is 0.500. The van der Waals surface area contributed by atoms with Gasteiger partial charge in [-0.1, -0.05) is 31.7 Å². The number of fused-ring (bicyclic) bond motifs is 1. The molecule has 30 heavy (non-hydrogen) atoms. The Morgan fingerprint density at radius 1 is 1.20 bits per heavy atom. The Morgan fingerprint density at radius 2 is 1.97 bits per heavy atom. The van der Waals surface area contributed by atoms with Crippen LogP contribution in [0.25, 0.3) is 0 Å². The molecule has 0 saturated carbocycles. The summed E-state index contributed by atoms with van der Waals surface area (Å²) in [6.07, 6.45) is 1.56. The number of allylic oxidation sites excluding steroid dienone is 1. The van der Waals surface area contributed by atoms with Crippen LogP contribution in [-0.2, 0) is 14.3 Å². The summed E-state index contributed by atoms with van der Waals surface area (Å²) in [5.41, 5.74) is 1.66. The summed E-state index contributed by atoms with van der Waals surface area (Å²) < 4.78 is 16.6. The second-order valence-electron chi connectivity index (χ2n) is 7.00. The van der Waals surface area contributed by atoms with Gasteiger partial charge in [0.25, 0.3) is 0 Å². The molecule has 1 aromatic carbocycles. The van der Waals surface area contributed by atoms with Gasteiger partial charge in [-0.3, -0.25) is 9.69 Å². The topological polar surface area (TPSA) is 77.4 Å². The van der Waals surface area contributed by atoms with Crippen LogP contribution in [0.3, 0.4) is 0 Å². The molecule has 7 nitrogen and oxygen atoms in total. The van der Waals surface area contributed by atoms with Gasteiger partial charge in [0.15, 0.2) is 16.7 Å². The number of benzene rings is 1. The summed E-state index contributed by atoms with van der Waals surface area (Å²) >= 11 is 1.44. The van der Waals surface area contributed by atoms with Gasteiger partial charge in [-0.05, 0) is 44.4 Å². The van der Waals surface area contributed by atoms with Crippen LogP contribution in [0.2, 0.25) is 0 Å². The first-order chi connectivity index (χ1) is 14.5. The van der Waals surface area contributed by atoms with Crippen molar-refractivity contribution in [2.75, 3.05) is 20.3 Å². The number of nitrogens with zero attached hydrogens (tertiary/aromatic N) is 2. The van der Waals surface area contributed by atoms with Crippen LogP contribution in [0.5, 0.6) is 11.5 Å². The highest BCUT2D eigenvalue weighted by Gasteiger charge is 2.47. The minimum atomic E-state index is -0.624. The number of aliphatic imine (C=N–C) groups is 1. The lowest BCUT2D eigenvalue weighted by Crippen LogP contribution is -2.40. The molecule has 0 aromatic heterocycles. The zero-order chi connectivity index (χ0) is 21.8. The number of amidine groups is 1. The van der Waals surface area contributed by atoms with E-state index in [9.17, 15) is 9.59 Å². The number of carbonyl (C=O) groups excluding carboxylic acids is 2. The Labute approximate surface area is 181 Å². The van der Waals surface area contributed by atoms with E-state index in [0.717, 1.165) is 12.0 Å². The molecule has 2 aliphatic heterocycles. The molecule has 0 spiro atoms. The molecule has 0 N–H and O–H groups in total. The summed E-state index contributed by atoms with van der Waals surface area (Å²) in [4.78, 5) is 32.0. The van der Waals surface area contributed by atoms with E-state index < -0.39 is 12.0 Å². The second kappa shape index (κ2) is 9.55. The van der Waals surface area contributed by atoms with Gasteiger partial charge >= 0.3 is 5.97 Å². The first kappa shape index (κ1) is 22.2. The van der Waals surface area contributed by atoms with Gasteiger partial charge in [-0.25, -0.2) is 9.79 Å². The molecule has 8 heteroatoms. The van der Waals surface area contributed by atoms with Crippen molar-refractivity contribution in [2.24, 2.45) is 4.99 Å². The Morgan fingerprint density at radius 3 is 2.60 bits per heavy atom. The monoisotopic (exact) mass is 432 g/mol. The maximum absolute atomic E-state index is 13.1. The van der Waals surface area contributed by atoms with Crippen molar-refractivity contribution < 1.29 is 23.8 Å². The van der Waals surface area contributed by atoms with Crippen molar-refractivity contribution in [3.63, 3.8) is 0 Å². The van der Waals surface area contributed by atoms with Crippen molar-refractivity contribution >= 4 is 28.8 Å². The van der Waals surface area contributed by atoms with Crippen LogP contribution in [0.1, 0.15) is 52.1 Å². The van der Waals surface area contributed by atoms with Crippen molar-refractivity contribution in [1.82, 2.24) is 4.90 Å². The van der Waals surface area contributed by atoms with E-state index in [4.69, 9.17) is 14.2 Å². The lowest BCUT2D eigenvalue weighted by molar-refractivity contribution is -0.137. The molecule has 1 saturated heterocycles. The van der Waals surface area contributed by atoms with Gasteiger partial charge in [0, 0.05) is 0 Å². The number of carbonyl (C=O) groups is 2. The lowest BCUT2D eigenvalue weighted by atomic mass is 9.94. The van der Waals surface area contributed by atoms with E-state index in [1.54, 1.807) is 11.8 Å². The molecule has 1 fully saturated rings. The molecule has 2 atom stereocenters. The molecular weight excluding hydrogens is 404 g/mol. The smallest absolute Gasteiger partial charge is 0.338 e. The van der Waals surface area contributed by atoms with Crippen LogP contribution in [0.4, 0.5) is 0 Å². The van der Waals surface area contributed by atoms with Crippen LogP contribution < -0.4 is 9.47 Å². The third-order valence-electron chi connectivity index (χ3n) is 4.97. The maximum Gasteiger partial charge on any atom is 0.338 e. The van der Waals surface area contributed by atoms with E-state index in [2.05, 4.69) is 4.99 Å². The molecule has 0 unspecified atom stereocenters. The maximum atomic E-state index is 13.1. The first-order valence-electron chi connectivity index (χ1n) is 10.2. The van der Waals surface area contributed by atoms with E-state index in [-0.39, 0.29) is 11.2 Å². The van der Waals surface area contributed by atoms with E-state index in [0.29, 0.717) is 47.6 Å². The Bertz CT molecular complexity index is 896.